The van der Waals surface area contributed by atoms with Crippen LogP contribution in [0.2, 0.25) is 0 Å². The third-order valence-electron chi connectivity index (χ3n) is 15.3. The number of para-hydroxylation sites is 6. The van der Waals surface area contributed by atoms with Crippen molar-refractivity contribution < 1.29 is 4.42 Å². The molecule has 0 aliphatic carbocycles. The summed E-state index contributed by atoms with van der Waals surface area (Å²) >= 11 is 0. The van der Waals surface area contributed by atoms with Gasteiger partial charge in [-0.15, -0.1) is 0 Å². The molecular formula is C72H58N2O. The number of aromatic nitrogens is 1. The number of nitrogens with zero attached hydrogens (tertiary/aromatic N) is 2. The molecule has 2 aromatic heterocycles. The first-order valence-corrected chi connectivity index (χ1v) is 26.2. The molecule has 0 spiro atoms. The molecule has 0 saturated heterocycles. The van der Waals surface area contributed by atoms with Crippen molar-refractivity contribution in [2.75, 3.05) is 4.90 Å². The number of benzene rings is 11. The van der Waals surface area contributed by atoms with E-state index < -0.39 is 0 Å². The van der Waals surface area contributed by atoms with Gasteiger partial charge in [-0.1, -0.05) is 224 Å². The van der Waals surface area contributed by atoms with Crippen LogP contribution in [0.15, 0.2) is 247 Å². The van der Waals surface area contributed by atoms with Crippen molar-refractivity contribution in [1.29, 1.82) is 0 Å². The maximum Gasteiger partial charge on any atom is 0.136 e. The van der Waals surface area contributed by atoms with E-state index in [0.717, 1.165) is 66.9 Å². The second kappa shape index (κ2) is 17.9. The summed E-state index contributed by atoms with van der Waals surface area (Å²) in [5, 5.41) is 7.15. The topological polar surface area (TPSA) is 21.3 Å². The van der Waals surface area contributed by atoms with Crippen molar-refractivity contribution >= 4 is 71.6 Å². The molecule has 0 N–H and O–H groups in total. The van der Waals surface area contributed by atoms with Crippen LogP contribution in [0, 0.1) is 0 Å². The lowest BCUT2D eigenvalue weighted by atomic mass is 9.78. The molecule has 0 unspecified atom stereocenters. The van der Waals surface area contributed by atoms with E-state index in [2.05, 4.69) is 288 Å². The summed E-state index contributed by atoms with van der Waals surface area (Å²) < 4.78 is 8.95. The zero-order valence-corrected chi connectivity index (χ0v) is 43.4. The summed E-state index contributed by atoms with van der Waals surface area (Å²) in [5.74, 6) is 0. The van der Waals surface area contributed by atoms with Crippen molar-refractivity contribution in [3.8, 4) is 50.2 Å². The first kappa shape index (κ1) is 45.9. The Kier molecular flexibility index (Phi) is 11.0. The van der Waals surface area contributed by atoms with Gasteiger partial charge >= 0.3 is 0 Å². The van der Waals surface area contributed by atoms with Crippen molar-refractivity contribution in [3.05, 3.63) is 254 Å². The fraction of sp³-hybridized carbons (Fsp3) is 0.111. The molecule has 0 amide bonds. The number of rotatable bonds is 8. The third-order valence-corrected chi connectivity index (χ3v) is 15.3. The molecule has 13 aromatic rings. The van der Waals surface area contributed by atoms with Crippen LogP contribution in [0.4, 0.5) is 17.1 Å². The lowest BCUT2D eigenvalue weighted by molar-refractivity contribution is 0.569. The minimum atomic E-state index is -0.0266. The van der Waals surface area contributed by atoms with Gasteiger partial charge in [-0.2, -0.15) is 0 Å². The van der Waals surface area contributed by atoms with Crippen LogP contribution in [0.5, 0.6) is 0 Å². The van der Waals surface area contributed by atoms with Crippen LogP contribution in [0.25, 0.3) is 105 Å². The summed E-state index contributed by atoms with van der Waals surface area (Å²) in [6.45, 7) is 13.9. The van der Waals surface area contributed by atoms with Crippen molar-refractivity contribution in [3.63, 3.8) is 0 Å². The minimum Gasteiger partial charge on any atom is -0.456 e. The highest BCUT2D eigenvalue weighted by Crippen LogP contribution is 2.49. The van der Waals surface area contributed by atoms with Crippen molar-refractivity contribution in [2.24, 2.45) is 0 Å². The number of furan rings is 1. The molecule has 3 heteroatoms. The Morgan fingerprint density at radius 1 is 0.360 bits per heavy atom. The fourth-order valence-corrected chi connectivity index (χ4v) is 11.5. The highest BCUT2D eigenvalue weighted by molar-refractivity contribution is 6.14. The second-order valence-electron chi connectivity index (χ2n) is 22.1. The van der Waals surface area contributed by atoms with Gasteiger partial charge in [-0.3, -0.25) is 0 Å². The molecule has 0 radical (unpaired) electrons. The average molecular weight is 967 g/mol. The maximum absolute atomic E-state index is 6.53. The zero-order chi connectivity index (χ0) is 51.0. The molecule has 0 atom stereocenters. The van der Waals surface area contributed by atoms with Crippen LogP contribution in [0.1, 0.15) is 52.7 Å². The molecule has 0 saturated carbocycles. The van der Waals surface area contributed by atoms with E-state index in [4.69, 9.17) is 4.42 Å². The molecule has 0 aliphatic heterocycles. The van der Waals surface area contributed by atoms with Crippen LogP contribution in [0.3, 0.4) is 0 Å². The van der Waals surface area contributed by atoms with Crippen LogP contribution >= 0.6 is 0 Å². The van der Waals surface area contributed by atoms with Crippen LogP contribution < -0.4 is 4.90 Å². The third kappa shape index (κ3) is 7.99. The number of anilines is 3. The van der Waals surface area contributed by atoms with E-state index in [0.29, 0.717) is 0 Å². The minimum absolute atomic E-state index is 0.0266. The molecule has 75 heavy (non-hydrogen) atoms. The largest absolute Gasteiger partial charge is 0.456 e. The van der Waals surface area contributed by atoms with Gasteiger partial charge < -0.3 is 13.9 Å². The number of hydrogen-bond donors (Lipinski definition) is 0. The molecule has 0 bridgehead atoms. The van der Waals surface area contributed by atoms with E-state index in [9.17, 15) is 0 Å². The summed E-state index contributed by atoms with van der Waals surface area (Å²) in [6, 6.07) is 89.1. The normalized spacial score (nSPS) is 12.1. The Morgan fingerprint density at radius 3 is 1.64 bits per heavy atom. The predicted molar refractivity (Wildman–Crippen MR) is 319 cm³/mol. The van der Waals surface area contributed by atoms with E-state index in [-0.39, 0.29) is 10.8 Å². The molecule has 0 aliphatic rings. The van der Waals surface area contributed by atoms with E-state index >= 15 is 0 Å². The summed E-state index contributed by atoms with van der Waals surface area (Å²) in [4.78, 5) is 2.47. The molecule has 362 valence electrons. The Hall–Kier alpha value is -8.92. The lowest BCUT2D eigenvalue weighted by Gasteiger charge is -2.30. The van der Waals surface area contributed by atoms with Gasteiger partial charge in [0, 0.05) is 49.6 Å². The zero-order valence-electron chi connectivity index (χ0n) is 43.4. The molecule has 11 aromatic carbocycles. The molecule has 2 heterocycles. The Balaban J connectivity index is 1.03. The number of hydrogen-bond acceptors (Lipinski definition) is 2. The first-order chi connectivity index (χ1) is 36.5. The quantitative estimate of drug-likeness (QED) is 0.151. The van der Waals surface area contributed by atoms with Gasteiger partial charge in [0.1, 0.15) is 11.2 Å². The average Bonchev–Trinajstić information content (AvgIpc) is 3.99. The van der Waals surface area contributed by atoms with E-state index in [1.165, 1.54) is 66.0 Å². The molecule has 3 nitrogen and oxygen atoms in total. The molecule has 13 rings (SSSR count). The van der Waals surface area contributed by atoms with Gasteiger partial charge in [0.2, 0.25) is 0 Å². The Bertz CT molecular complexity index is 4270. The number of fused-ring (bicyclic) bond motifs is 7. The van der Waals surface area contributed by atoms with Crippen LogP contribution in [-0.2, 0) is 10.8 Å². The highest BCUT2D eigenvalue weighted by atomic mass is 16.3. The summed E-state index contributed by atoms with van der Waals surface area (Å²) in [7, 11) is 0. The maximum atomic E-state index is 6.53. The van der Waals surface area contributed by atoms with Crippen molar-refractivity contribution in [1.82, 2.24) is 4.57 Å². The SMILES string of the molecule is CC(C)(C)c1cc(-c2cccc3cccc(-c4ccccc4N(c4ccc(-c5cccc6c7ccccc7n(-c7ccccc7)c56)cc4)c4ccccc4-c4ccc5c(c4)oc4ccccc45)c23)cc(C(C)(C)C)c1. The molecular weight excluding hydrogens is 909 g/mol. The van der Waals surface area contributed by atoms with Gasteiger partial charge in [-0.25, -0.2) is 0 Å². The van der Waals surface area contributed by atoms with Gasteiger partial charge in [-0.05, 0) is 121 Å². The second-order valence-corrected chi connectivity index (χ2v) is 22.1. The Morgan fingerprint density at radius 2 is 0.907 bits per heavy atom. The van der Waals surface area contributed by atoms with Gasteiger partial charge in [0.15, 0.2) is 0 Å². The lowest BCUT2D eigenvalue weighted by Crippen LogP contribution is -2.16. The molecule has 0 fully saturated rings. The highest BCUT2D eigenvalue weighted by Gasteiger charge is 2.26. The van der Waals surface area contributed by atoms with E-state index in [1.807, 2.05) is 6.07 Å². The first-order valence-electron chi connectivity index (χ1n) is 26.2. The van der Waals surface area contributed by atoms with E-state index in [1.54, 1.807) is 0 Å². The van der Waals surface area contributed by atoms with Gasteiger partial charge in [0.05, 0.1) is 22.4 Å². The summed E-state index contributed by atoms with van der Waals surface area (Å²) in [5.41, 5.74) is 20.4. The summed E-state index contributed by atoms with van der Waals surface area (Å²) in [6.07, 6.45) is 0. The Labute approximate surface area is 439 Å². The monoisotopic (exact) mass is 966 g/mol. The van der Waals surface area contributed by atoms with Crippen molar-refractivity contribution in [2.45, 2.75) is 52.4 Å². The smallest absolute Gasteiger partial charge is 0.136 e. The predicted octanol–water partition coefficient (Wildman–Crippen LogP) is 20.6. The van der Waals surface area contributed by atoms with Crippen LogP contribution in [-0.4, -0.2) is 4.57 Å². The standard InChI is InChI=1S/C72H58N2O/c1-71(2,3)51-43-50(44-52(46-51)72(4,5)6)56-29-18-21-48-22-19-31-62(69(48)56)58-26-11-15-34-65(58)73(64-33-14-10-25-55(64)49-39-42-61-60-28-13-17-36-67(60)75-68(61)45-49)54-40-37-47(38-41-54)57-30-20-32-63-59-27-12-16-35-66(59)74(70(57)63)53-23-8-7-9-24-53/h7-46H,1-6H3. The fourth-order valence-electron chi connectivity index (χ4n) is 11.5. The van der Waals surface area contributed by atoms with Gasteiger partial charge in [0.25, 0.3) is 0 Å².